The summed E-state index contributed by atoms with van der Waals surface area (Å²) in [6.07, 6.45) is -4.84. The van der Waals surface area contributed by atoms with Crippen molar-refractivity contribution >= 4 is 46.5 Å². The molecule has 1 atom stereocenters. The second kappa shape index (κ2) is 7.08. The summed E-state index contributed by atoms with van der Waals surface area (Å²) in [6.45, 7) is 1.61. The minimum absolute atomic E-state index is 0.0115. The highest BCUT2D eigenvalue weighted by molar-refractivity contribution is 8.03. The van der Waals surface area contributed by atoms with Gasteiger partial charge in [0.1, 0.15) is 4.75 Å². The topological polar surface area (TPSA) is 37.3 Å². The lowest BCUT2D eigenvalue weighted by atomic mass is 9.88. The van der Waals surface area contributed by atoms with Gasteiger partial charge in [-0.3, -0.25) is 0 Å². The molecule has 2 aromatic carbocycles. The minimum Gasteiger partial charge on any atom is -0.478 e. The largest absolute Gasteiger partial charge is 0.478 e. The number of aromatic carboxylic acids is 1. The standard InChI is InChI=1S/C19H13Cl2F3O2S/c1-10-4-11(2-3-16(10)17(25)26)12-8-18(27-9-12,19(22,23)24)13-5-14(20)7-15(21)6-13/h2-7,9H,8H2,1H3,(H,25,26)/t18-/m0/s1. The molecule has 0 saturated heterocycles. The lowest BCUT2D eigenvalue weighted by molar-refractivity contribution is -0.160. The van der Waals surface area contributed by atoms with Crippen LogP contribution in [0.4, 0.5) is 13.2 Å². The van der Waals surface area contributed by atoms with Gasteiger partial charge in [-0.25, -0.2) is 4.79 Å². The highest BCUT2D eigenvalue weighted by Gasteiger charge is 2.58. The summed E-state index contributed by atoms with van der Waals surface area (Å²) in [5.74, 6) is -1.08. The van der Waals surface area contributed by atoms with E-state index in [2.05, 4.69) is 0 Å². The van der Waals surface area contributed by atoms with Gasteiger partial charge in [0, 0.05) is 16.5 Å². The number of halogens is 5. The Balaban J connectivity index is 2.02. The molecule has 0 spiro atoms. The smallest absolute Gasteiger partial charge is 0.407 e. The van der Waals surface area contributed by atoms with Gasteiger partial charge in [-0.2, -0.15) is 13.2 Å². The number of carboxylic acids is 1. The summed E-state index contributed by atoms with van der Waals surface area (Å²) in [5.41, 5.74) is 1.63. The summed E-state index contributed by atoms with van der Waals surface area (Å²) in [4.78, 5) is 11.1. The Hall–Kier alpha value is -1.63. The second-order valence-electron chi connectivity index (χ2n) is 6.26. The fourth-order valence-electron chi connectivity index (χ4n) is 3.08. The monoisotopic (exact) mass is 432 g/mol. The maximum atomic E-state index is 14.1. The van der Waals surface area contributed by atoms with E-state index in [-0.39, 0.29) is 27.6 Å². The first-order valence-electron chi connectivity index (χ1n) is 7.78. The molecule has 0 fully saturated rings. The summed E-state index contributed by atoms with van der Waals surface area (Å²) in [5, 5.41) is 10.9. The Morgan fingerprint density at radius 2 is 1.78 bits per heavy atom. The molecule has 2 nitrogen and oxygen atoms in total. The number of allylic oxidation sites excluding steroid dienone is 1. The number of carboxylic acid groups (broad SMARTS) is 1. The molecule has 0 bridgehead atoms. The molecule has 0 aliphatic carbocycles. The van der Waals surface area contributed by atoms with Crippen LogP contribution in [0.2, 0.25) is 10.0 Å². The Labute approximate surface area is 168 Å². The fraction of sp³-hybridized carbons (Fsp3) is 0.211. The van der Waals surface area contributed by atoms with Crippen LogP contribution in [0.1, 0.15) is 33.5 Å². The quantitative estimate of drug-likeness (QED) is 0.570. The molecule has 0 amide bonds. The van der Waals surface area contributed by atoms with Crippen molar-refractivity contribution in [3.8, 4) is 0 Å². The van der Waals surface area contributed by atoms with Crippen molar-refractivity contribution in [3.05, 3.63) is 74.1 Å². The zero-order chi connectivity index (χ0) is 20.0. The first-order valence-corrected chi connectivity index (χ1v) is 9.41. The summed E-state index contributed by atoms with van der Waals surface area (Å²) in [7, 11) is 0. The van der Waals surface area contributed by atoms with E-state index in [9.17, 15) is 18.0 Å². The third-order valence-corrected chi connectivity index (χ3v) is 6.31. The van der Waals surface area contributed by atoms with E-state index < -0.39 is 16.9 Å². The Bertz CT molecular complexity index is 936. The molecule has 1 heterocycles. The lowest BCUT2D eigenvalue weighted by Crippen LogP contribution is -2.37. The minimum atomic E-state index is -4.54. The first-order chi connectivity index (χ1) is 12.5. The number of hydrogen-bond acceptors (Lipinski definition) is 2. The van der Waals surface area contributed by atoms with Gasteiger partial charge in [0.15, 0.2) is 0 Å². The van der Waals surface area contributed by atoms with Crippen LogP contribution in [0.25, 0.3) is 5.57 Å². The predicted molar refractivity (Wildman–Crippen MR) is 103 cm³/mol. The van der Waals surface area contributed by atoms with E-state index >= 15 is 0 Å². The molecule has 27 heavy (non-hydrogen) atoms. The van der Waals surface area contributed by atoms with Crippen molar-refractivity contribution in [1.82, 2.24) is 0 Å². The van der Waals surface area contributed by atoms with Gasteiger partial charge in [-0.15, -0.1) is 11.8 Å². The number of thioether (sulfide) groups is 1. The number of rotatable bonds is 3. The molecule has 0 unspecified atom stereocenters. The molecule has 1 aliphatic heterocycles. The molecule has 8 heteroatoms. The van der Waals surface area contributed by atoms with Crippen LogP contribution in [0.5, 0.6) is 0 Å². The number of carbonyl (C=O) groups is 1. The average Bonchev–Trinajstić information content (AvgIpc) is 3.00. The zero-order valence-corrected chi connectivity index (χ0v) is 16.2. The zero-order valence-electron chi connectivity index (χ0n) is 13.9. The van der Waals surface area contributed by atoms with Crippen LogP contribution < -0.4 is 0 Å². The molecule has 0 radical (unpaired) electrons. The van der Waals surface area contributed by atoms with Gasteiger partial charge in [0.05, 0.1) is 5.56 Å². The van der Waals surface area contributed by atoms with Crippen molar-refractivity contribution in [3.63, 3.8) is 0 Å². The predicted octanol–water partition coefficient (Wildman–Crippen LogP) is 6.94. The fourth-order valence-corrected chi connectivity index (χ4v) is 4.80. The van der Waals surface area contributed by atoms with Crippen molar-refractivity contribution in [2.24, 2.45) is 0 Å². The van der Waals surface area contributed by atoms with Crippen LogP contribution in [0.15, 0.2) is 41.8 Å². The highest BCUT2D eigenvalue weighted by atomic mass is 35.5. The first kappa shape index (κ1) is 20.1. The van der Waals surface area contributed by atoms with Crippen molar-refractivity contribution in [2.75, 3.05) is 0 Å². The van der Waals surface area contributed by atoms with Crippen LogP contribution in [0, 0.1) is 6.92 Å². The van der Waals surface area contributed by atoms with Crippen molar-refractivity contribution in [2.45, 2.75) is 24.3 Å². The summed E-state index contributed by atoms with van der Waals surface area (Å²) >= 11 is 12.5. The molecular weight excluding hydrogens is 420 g/mol. The van der Waals surface area contributed by atoms with Crippen LogP contribution in [0.3, 0.4) is 0 Å². The molecular formula is C19H13Cl2F3O2S. The van der Waals surface area contributed by atoms with Gasteiger partial charge >= 0.3 is 12.1 Å². The van der Waals surface area contributed by atoms with Gasteiger partial charge in [0.25, 0.3) is 0 Å². The van der Waals surface area contributed by atoms with Gasteiger partial charge in [-0.05, 0) is 58.9 Å². The van der Waals surface area contributed by atoms with E-state index in [1.165, 1.54) is 35.7 Å². The van der Waals surface area contributed by atoms with E-state index in [1.54, 1.807) is 13.0 Å². The molecule has 0 saturated carbocycles. The number of aryl methyl sites for hydroxylation is 1. The molecule has 1 aliphatic rings. The van der Waals surface area contributed by atoms with E-state index in [0.717, 1.165) is 0 Å². The third kappa shape index (κ3) is 3.71. The maximum absolute atomic E-state index is 14.1. The normalized spacial score (nSPS) is 19.9. The van der Waals surface area contributed by atoms with Crippen LogP contribution >= 0.6 is 35.0 Å². The third-order valence-electron chi connectivity index (χ3n) is 4.46. The molecule has 3 rings (SSSR count). The average molecular weight is 433 g/mol. The summed E-state index contributed by atoms with van der Waals surface area (Å²) < 4.78 is 40.1. The van der Waals surface area contributed by atoms with E-state index in [0.29, 0.717) is 28.5 Å². The second-order valence-corrected chi connectivity index (χ2v) is 8.30. The van der Waals surface area contributed by atoms with Gasteiger partial charge in [0.2, 0.25) is 0 Å². The molecule has 142 valence electrons. The highest BCUT2D eigenvalue weighted by Crippen LogP contribution is 2.60. The van der Waals surface area contributed by atoms with Gasteiger partial charge < -0.3 is 5.11 Å². The van der Waals surface area contributed by atoms with Gasteiger partial charge in [-0.1, -0.05) is 35.3 Å². The molecule has 1 N–H and O–H groups in total. The van der Waals surface area contributed by atoms with Crippen LogP contribution in [-0.2, 0) is 4.75 Å². The number of hydrogen-bond donors (Lipinski definition) is 1. The van der Waals surface area contributed by atoms with E-state index in [4.69, 9.17) is 28.3 Å². The Morgan fingerprint density at radius 3 is 2.30 bits per heavy atom. The Morgan fingerprint density at radius 1 is 1.15 bits per heavy atom. The number of benzene rings is 2. The number of alkyl halides is 3. The molecule has 0 aromatic heterocycles. The SMILES string of the molecule is Cc1cc(C2=CS[C@@](c3cc(Cl)cc(Cl)c3)(C(F)(F)F)C2)ccc1C(=O)O. The van der Waals surface area contributed by atoms with Crippen LogP contribution in [-0.4, -0.2) is 17.3 Å². The van der Waals surface area contributed by atoms with Crippen molar-refractivity contribution < 1.29 is 23.1 Å². The van der Waals surface area contributed by atoms with Crippen molar-refractivity contribution in [1.29, 1.82) is 0 Å². The Kier molecular flexibility index (Phi) is 5.27. The maximum Gasteiger partial charge on any atom is 0.407 e. The summed E-state index contributed by atoms with van der Waals surface area (Å²) in [6, 6.07) is 8.47. The lowest BCUT2D eigenvalue weighted by Gasteiger charge is -2.32. The van der Waals surface area contributed by atoms with E-state index in [1.807, 2.05) is 0 Å². The molecule has 2 aromatic rings.